The van der Waals surface area contributed by atoms with Crippen LogP contribution in [0.25, 0.3) is 0 Å². The molecule has 4 nitrogen and oxygen atoms in total. The first-order chi connectivity index (χ1) is 12.0. The van der Waals surface area contributed by atoms with Crippen LogP contribution in [0.2, 0.25) is 10.0 Å². The molecule has 0 fully saturated rings. The molecular weight excluding hydrogens is 357 g/mol. The number of hydrogen-bond acceptors (Lipinski definition) is 2. The predicted octanol–water partition coefficient (Wildman–Crippen LogP) is 5.11. The first kappa shape index (κ1) is 17.5. The second-order valence-electron chi connectivity index (χ2n) is 5.76. The van der Waals surface area contributed by atoms with E-state index in [2.05, 4.69) is 10.4 Å². The van der Waals surface area contributed by atoms with Gasteiger partial charge >= 0.3 is 0 Å². The van der Waals surface area contributed by atoms with Gasteiger partial charge in [-0.15, -0.1) is 0 Å². The lowest BCUT2D eigenvalue weighted by atomic mass is 10.1. The largest absolute Gasteiger partial charge is 0.322 e. The molecular formula is C19H17Cl2N3O. The molecule has 25 heavy (non-hydrogen) atoms. The van der Waals surface area contributed by atoms with Crippen LogP contribution in [-0.4, -0.2) is 15.7 Å². The summed E-state index contributed by atoms with van der Waals surface area (Å²) in [6, 6.07) is 14.7. The van der Waals surface area contributed by atoms with Crippen LogP contribution in [0.1, 0.15) is 27.3 Å². The molecule has 0 radical (unpaired) electrons. The molecule has 0 bridgehead atoms. The van der Waals surface area contributed by atoms with E-state index in [0.717, 1.165) is 11.3 Å². The second-order valence-corrected chi connectivity index (χ2v) is 6.60. The second kappa shape index (κ2) is 7.30. The van der Waals surface area contributed by atoms with E-state index >= 15 is 0 Å². The molecule has 0 aliphatic carbocycles. The van der Waals surface area contributed by atoms with Gasteiger partial charge in [-0.3, -0.25) is 9.48 Å². The standard InChI is InChI=1S/C19H17Cl2N3O/c1-12-18(19(25)22-16-8-5-7-15(20)10-16)13(2)24(23-12)11-14-6-3-4-9-17(14)21/h3-10H,11H2,1-2H3,(H,22,25). The zero-order chi connectivity index (χ0) is 18.0. The fraction of sp³-hybridized carbons (Fsp3) is 0.158. The quantitative estimate of drug-likeness (QED) is 0.690. The Hall–Kier alpha value is -2.30. The van der Waals surface area contributed by atoms with Gasteiger partial charge in [0.1, 0.15) is 0 Å². The molecule has 1 aromatic heterocycles. The predicted molar refractivity (Wildman–Crippen MR) is 102 cm³/mol. The highest BCUT2D eigenvalue weighted by Gasteiger charge is 2.19. The average Bonchev–Trinajstić information content (AvgIpc) is 2.83. The molecule has 128 valence electrons. The summed E-state index contributed by atoms with van der Waals surface area (Å²) in [4.78, 5) is 12.7. The molecule has 0 unspecified atom stereocenters. The molecule has 2 aromatic carbocycles. The number of aryl methyl sites for hydroxylation is 1. The molecule has 0 spiro atoms. The summed E-state index contributed by atoms with van der Waals surface area (Å²) in [5.74, 6) is -0.206. The van der Waals surface area contributed by atoms with Crippen LogP contribution >= 0.6 is 23.2 Å². The summed E-state index contributed by atoms with van der Waals surface area (Å²) in [5, 5.41) is 8.62. The fourth-order valence-corrected chi connectivity index (χ4v) is 3.11. The van der Waals surface area contributed by atoms with Gasteiger partial charge in [0.25, 0.3) is 5.91 Å². The van der Waals surface area contributed by atoms with Gasteiger partial charge in [0, 0.05) is 21.4 Å². The lowest BCUT2D eigenvalue weighted by molar-refractivity contribution is 0.102. The minimum Gasteiger partial charge on any atom is -0.322 e. The number of aromatic nitrogens is 2. The summed E-state index contributed by atoms with van der Waals surface area (Å²) < 4.78 is 1.80. The zero-order valence-electron chi connectivity index (χ0n) is 13.9. The van der Waals surface area contributed by atoms with Crippen molar-refractivity contribution < 1.29 is 4.79 Å². The Morgan fingerprint density at radius 2 is 1.88 bits per heavy atom. The molecule has 3 aromatic rings. The third-order valence-electron chi connectivity index (χ3n) is 3.97. The van der Waals surface area contributed by atoms with E-state index in [9.17, 15) is 4.79 Å². The van der Waals surface area contributed by atoms with Crippen LogP contribution in [0.4, 0.5) is 5.69 Å². The van der Waals surface area contributed by atoms with Crippen molar-refractivity contribution in [3.63, 3.8) is 0 Å². The smallest absolute Gasteiger partial charge is 0.259 e. The number of rotatable bonds is 4. The van der Waals surface area contributed by atoms with Crippen LogP contribution in [0.5, 0.6) is 0 Å². The van der Waals surface area contributed by atoms with E-state index in [4.69, 9.17) is 23.2 Å². The zero-order valence-corrected chi connectivity index (χ0v) is 15.4. The van der Waals surface area contributed by atoms with Crippen LogP contribution in [0.3, 0.4) is 0 Å². The Morgan fingerprint density at radius 1 is 1.12 bits per heavy atom. The minimum atomic E-state index is -0.206. The molecule has 0 atom stereocenters. The van der Waals surface area contributed by atoms with Crippen molar-refractivity contribution in [1.29, 1.82) is 0 Å². The molecule has 0 aliphatic rings. The molecule has 1 amide bonds. The Balaban J connectivity index is 1.86. The number of halogens is 2. The number of nitrogens with one attached hydrogen (secondary N) is 1. The Labute approximate surface area is 156 Å². The van der Waals surface area contributed by atoms with Gasteiger partial charge in [-0.1, -0.05) is 47.5 Å². The minimum absolute atomic E-state index is 0.206. The highest BCUT2D eigenvalue weighted by atomic mass is 35.5. The van der Waals surface area contributed by atoms with Crippen molar-refractivity contribution in [3.05, 3.63) is 81.1 Å². The SMILES string of the molecule is Cc1nn(Cc2ccccc2Cl)c(C)c1C(=O)Nc1cccc(Cl)c1. The summed E-state index contributed by atoms with van der Waals surface area (Å²) in [6.45, 7) is 4.21. The summed E-state index contributed by atoms with van der Waals surface area (Å²) in [7, 11) is 0. The summed E-state index contributed by atoms with van der Waals surface area (Å²) in [6.07, 6.45) is 0. The lowest BCUT2D eigenvalue weighted by Gasteiger charge is -2.08. The van der Waals surface area contributed by atoms with E-state index in [0.29, 0.717) is 33.5 Å². The molecule has 0 saturated carbocycles. The number of hydrogen-bond donors (Lipinski definition) is 1. The maximum absolute atomic E-state index is 12.7. The van der Waals surface area contributed by atoms with Crippen molar-refractivity contribution in [2.24, 2.45) is 0 Å². The van der Waals surface area contributed by atoms with Gasteiger partial charge in [0.15, 0.2) is 0 Å². The monoisotopic (exact) mass is 373 g/mol. The third-order valence-corrected chi connectivity index (χ3v) is 4.57. The van der Waals surface area contributed by atoms with Gasteiger partial charge in [0.05, 0.1) is 17.8 Å². The lowest BCUT2D eigenvalue weighted by Crippen LogP contribution is -2.14. The van der Waals surface area contributed by atoms with Gasteiger partial charge in [-0.2, -0.15) is 5.10 Å². The molecule has 0 saturated heterocycles. The number of carbonyl (C=O) groups is 1. The highest BCUT2D eigenvalue weighted by Crippen LogP contribution is 2.21. The number of nitrogens with zero attached hydrogens (tertiary/aromatic N) is 2. The fourth-order valence-electron chi connectivity index (χ4n) is 2.73. The normalized spacial score (nSPS) is 10.7. The molecule has 6 heteroatoms. The highest BCUT2D eigenvalue weighted by molar-refractivity contribution is 6.31. The number of amides is 1. The average molecular weight is 374 g/mol. The van der Waals surface area contributed by atoms with Crippen molar-refractivity contribution in [2.75, 3.05) is 5.32 Å². The number of carbonyl (C=O) groups excluding carboxylic acids is 1. The third kappa shape index (κ3) is 3.86. The van der Waals surface area contributed by atoms with Crippen molar-refractivity contribution in [2.45, 2.75) is 20.4 Å². The molecule has 3 rings (SSSR count). The summed E-state index contributed by atoms with van der Waals surface area (Å²) >= 11 is 12.2. The Kier molecular flexibility index (Phi) is 5.11. The van der Waals surface area contributed by atoms with Crippen LogP contribution < -0.4 is 5.32 Å². The van der Waals surface area contributed by atoms with Gasteiger partial charge in [0.2, 0.25) is 0 Å². The number of anilines is 1. The molecule has 1 N–H and O–H groups in total. The van der Waals surface area contributed by atoms with Crippen molar-refractivity contribution >= 4 is 34.8 Å². The Bertz CT molecular complexity index is 934. The first-order valence-electron chi connectivity index (χ1n) is 7.80. The van der Waals surface area contributed by atoms with Gasteiger partial charge in [-0.25, -0.2) is 0 Å². The van der Waals surface area contributed by atoms with Crippen LogP contribution in [0, 0.1) is 13.8 Å². The Morgan fingerprint density at radius 3 is 2.60 bits per heavy atom. The van der Waals surface area contributed by atoms with E-state index in [1.165, 1.54) is 0 Å². The van der Waals surface area contributed by atoms with Crippen molar-refractivity contribution in [3.8, 4) is 0 Å². The molecule has 1 heterocycles. The van der Waals surface area contributed by atoms with Crippen LogP contribution in [-0.2, 0) is 6.54 Å². The summed E-state index contributed by atoms with van der Waals surface area (Å²) in [5.41, 5.74) is 3.62. The topological polar surface area (TPSA) is 46.9 Å². The van der Waals surface area contributed by atoms with E-state index < -0.39 is 0 Å². The van der Waals surface area contributed by atoms with Gasteiger partial charge < -0.3 is 5.32 Å². The van der Waals surface area contributed by atoms with E-state index in [-0.39, 0.29) is 5.91 Å². The maximum Gasteiger partial charge on any atom is 0.259 e. The van der Waals surface area contributed by atoms with Crippen molar-refractivity contribution in [1.82, 2.24) is 9.78 Å². The van der Waals surface area contributed by atoms with E-state index in [1.54, 1.807) is 28.9 Å². The van der Waals surface area contributed by atoms with E-state index in [1.807, 2.05) is 38.1 Å². The first-order valence-corrected chi connectivity index (χ1v) is 8.55. The van der Waals surface area contributed by atoms with Gasteiger partial charge in [-0.05, 0) is 43.7 Å². The van der Waals surface area contributed by atoms with Crippen LogP contribution in [0.15, 0.2) is 48.5 Å². The molecule has 0 aliphatic heterocycles. The maximum atomic E-state index is 12.7. The number of benzene rings is 2.